The van der Waals surface area contributed by atoms with Gasteiger partial charge in [0.15, 0.2) is 0 Å². The third-order valence-electron chi connectivity index (χ3n) is 2.16. The Labute approximate surface area is 94.7 Å². The van der Waals surface area contributed by atoms with E-state index in [4.69, 9.17) is 4.74 Å². The first kappa shape index (κ1) is 10.3. The fraction of sp³-hybridized carbons (Fsp3) is 0.250. The van der Waals surface area contributed by atoms with Crippen molar-refractivity contribution in [3.63, 3.8) is 0 Å². The first-order valence-corrected chi connectivity index (χ1v) is 5.62. The third-order valence-corrected chi connectivity index (χ3v) is 2.47. The molecule has 3 heteroatoms. The summed E-state index contributed by atoms with van der Waals surface area (Å²) in [5.41, 5.74) is 0.930. The predicted octanol–water partition coefficient (Wildman–Crippen LogP) is 2.93. The largest absolute Gasteiger partial charge is 0.491 e. The maximum Gasteiger partial charge on any atom is 0.145 e. The van der Waals surface area contributed by atoms with Crippen LogP contribution in [0.3, 0.4) is 0 Å². The van der Waals surface area contributed by atoms with Gasteiger partial charge in [-0.05, 0) is 24.3 Å². The molecule has 0 unspecified atom stereocenters. The number of rotatable bonds is 4. The van der Waals surface area contributed by atoms with Gasteiger partial charge in [-0.2, -0.15) is 12.6 Å². The molecule has 0 N–H and O–H groups in total. The second-order valence-electron chi connectivity index (χ2n) is 3.26. The van der Waals surface area contributed by atoms with Crippen LogP contribution in [0, 0.1) is 0 Å². The molecule has 0 radical (unpaired) electrons. The highest BCUT2D eigenvalue weighted by atomic mass is 32.1. The van der Waals surface area contributed by atoms with Gasteiger partial charge in [0.05, 0.1) is 6.61 Å². The van der Waals surface area contributed by atoms with Crippen LogP contribution in [0.1, 0.15) is 6.42 Å². The molecular formula is C12H13NOS. The molecule has 15 heavy (non-hydrogen) atoms. The Bertz CT molecular complexity index is 439. The van der Waals surface area contributed by atoms with Crippen molar-refractivity contribution >= 4 is 23.5 Å². The average molecular weight is 219 g/mol. The van der Waals surface area contributed by atoms with E-state index in [1.54, 1.807) is 6.20 Å². The quantitative estimate of drug-likeness (QED) is 0.631. The van der Waals surface area contributed by atoms with Gasteiger partial charge in [0.2, 0.25) is 0 Å². The van der Waals surface area contributed by atoms with E-state index in [0.29, 0.717) is 6.61 Å². The van der Waals surface area contributed by atoms with Gasteiger partial charge < -0.3 is 4.74 Å². The number of hydrogen-bond donors (Lipinski definition) is 1. The van der Waals surface area contributed by atoms with Crippen LogP contribution < -0.4 is 4.74 Å². The fourth-order valence-corrected chi connectivity index (χ4v) is 1.57. The number of hydrogen-bond acceptors (Lipinski definition) is 3. The van der Waals surface area contributed by atoms with E-state index in [1.807, 2.05) is 30.3 Å². The molecule has 0 aliphatic rings. The lowest BCUT2D eigenvalue weighted by molar-refractivity contribution is 0.322. The van der Waals surface area contributed by atoms with Gasteiger partial charge in [0, 0.05) is 11.6 Å². The number of para-hydroxylation sites is 1. The van der Waals surface area contributed by atoms with Crippen molar-refractivity contribution in [2.24, 2.45) is 0 Å². The molecule has 0 saturated carbocycles. The van der Waals surface area contributed by atoms with E-state index in [-0.39, 0.29) is 0 Å². The minimum Gasteiger partial charge on any atom is -0.491 e. The van der Waals surface area contributed by atoms with Gasteiger partial charge in [-0.3, -0.25) is 4.98 Å². The zero-order valence-electron chi connectivity index (χ0n) is 8.39. The van der Waals surface area contributed by atoms with Crippen LogP contribution in [0.15, 0.2) is 36.5 Å². The molecule has 2 nitrogen and oxygen atoms in total. The molecule has 1 heterocycles. The van der Waals surface area contributed by atoms with E-state index < -0.39 is 0 Å². The standard InChI is InChI=1S/C12H13NOS/c15-9-3-8-14-11-6-1-4-10-5-2-7-13-12(10)11/h1-2,4-7,15H,3,8-9H2. The molecule has 0 bridgehead atoms. The minimum atomic E-state index is 0.694. The first-order valence-electron chi connectivity index (χ1n) is 4.99. The van der Waals surface area contributed by atoms with Crippen molar-refractivity contribution in [3.05, 3.63) is 36.5 Å². The zero-order chi connectivity index (χ0) is 10.5. The Morgan fingerprint density at radius 2 is 2.07 bits per heavy atom. The van der Waals surface area contributed by atoms with Crippen molar-refractivity contribution in [3.8, 4) is 5.75 Å². The monoisotopic (exact) mass is 219 g/mol. The molecule has 2 aromatic rings. The average Bonchev–Trinajstić information content (AvgIpc) is 2.30. The summed E-state index contributed by atoms with van der Waals surface area (Å²) in [5, 5.41) is 1.11. The van der Waals surface area contributed by atoms with E-state index in [9.17, 15) is 0 Å². The normalized spacial score (nSPS) is 10.5. The summed E-state index contributed by atoms with van der Waals surface area (Å²) < 4.78 is 5.65. The number of fused-ring (bicyclic) bond motifs is 1. The molecule has 0 aliphatic carbocycles. The van der Waals surface area contributed by atoms with Crippen LogP contribution in [0.2, 0.25) is 0 Å². The lowest BCUT2D eigenvalue weighted by Crippen LogP contribution is -1.98. The number of thiol groups is 1. The SMILES string of the molecule is SCCCOc1cccc2cccnc12. The van der Waals surface area contributed by atoms with Gasteiger partial charge >= 0.3 is 0 Å². The third kappa shape index (κ3) is 2.42. The molecule has 0 atom stereocenters. The lowest BCUT2D eigenvalue weighted by atomic mass is 10.2. The van der Waals surface area contributed by atoms with Crippen LogP contribution in [0.5, 0.6) is 5.75 Å². The van der Waals surface area contributed by atoms with Gasteiger partial charge in [-0.25, -0.2) is 0 Å². The number of ether oxygens (including phenoxy) is 1. The van der Waals surface area contributed by atoms with E-state index in [1.165, 1.54) is 0 Å². The molecule has 1 aromatic heterocycles. The molecule has 0 fully saturated rings. The first-order chi connectivity index (χ1) is 7.42. The van der Waals surface area contributed by atoms with Crippen molar-refractivity contribution in [1.82, 2.24) is 4.98 Å². The maximum atomic E-state index is 5.65. The molecule has 0 saturated heterocycles. The number of aromatic nitrogens is 1. The highest BCUT2D eigenvalue weighted by Gasteiger charge is 2.01. The lowest BCUT2D eigenvalue weighted by Gasteiger charge is -2.07. The van der Waals surface area contributed by atoms with Crippen LogP contribution in [0.25, 0.3) is 10.9 Å². The molecule has 1 aromatic carbocycles. The van der Waals surface area contributed by atoms with Gasteiger partial charge in [0.25, 0.3) is 0 Å². The molecule has 2 rings (SSSR count). The summed E-state index contributed by atoms with van der Waals surface area (Å²) in [7, 11) is 0. The summed E-state index contributed by atoms with van der Waals surface area (Å²) in [6.07, 6.45) is 2.74. The fourth-order valence-electron chi connectivity index (χ4n) is 1.44. The summed E-state index contributed by atoms with van der Waals surface area (Å²) in [5.74, 6) is 1.70. The van der Waals surface area contributed by atoms with Crippen molar-refractivity contribution < 1.29 is 4.74 Å². The van der Waals surface area contributed by atoms with Crippen LogP contribution in [-0.4, -0.2) is 17.3 Å². The molecular weight excluding hydrogens is 206 g/mol. The Kier molecular flexibility index (Phi) is 3.45. The maximum absolute atomic E-state index is 5.65. The van der Waals surface area contributed by atoms with Crippen molar-refractivity contribution in [2.75, 3.05) is 12.4 Å². The molecule has 78 valence electrons. The van der Waals surface area contributed by atoms with Crippen LogP contribution in [0.4, 0.5) is 0 Å². The van der Waals surface area contributed by atoms with Crippen molar-refractivity contribution in [1.29, 1.82) is 0 Å². The molecule has 0 aliphatic heterocycles. The Hall–Kier alpha value is -1.22. The topological polar surface area (TPSA) is 22.1 Å². The van der Waals surface area contributed by atoms with E-state index >= 15 is 0 Å². The van der Waals surface area contributed by atoms with Gasteiger partial charge in [0.1, 0.15) is 11.3 Å². The Morgan fingerprint density at radius 3 is 2.93 bits per heavy atom. The van der Waals surface area contributed by atoms with Crippen molar-refractivity contribution in [2.45, 2.75) is 6.42 Å². The van der Waals surface area contributed by atoms with Gasteiger partial charge in [-0.15, -0.1) is 0 Å². The summed E-state index contributed by atoms with van der Waals surface area (Å²) in [6.45, 7) is 0.694. The Balaban J connectivity index is 2.26. The molecule has 0 spiro atoms. The van der Waals surface area contributed by atoms with Crippen LogP contribution >= 0.6 is 12.6 Å². The number of benzene rings is 1. The highest BCUT2D eigenvalue weighted by molar-refractivity contribution is 7.80. The van der Waals surface area contributed by atoms with E-state index in [2.05, 4.69) is 17.6 Å². The summed E-state index contributed by atoms with van der Waals surface area (Å²) in [4.78, 5) is 4.32. The minimum absolute atomic E-state index is 0.694. The zero-order valence-corrected chi connectivity index (χ0v) is 9.28. The van der Waals surface area contributed by atoms with Crippen LogP contribution in [-0.2, 0) is 0 Å². The highest BCUT2D eigenvalue weighted by Crippen LogP contribution is 2.22. The predicted molar refractivity (Wildman–Crippen MR) is 65.7 cm³/mol. The Morgan fingerprint density at radius 1 is 1.20 bits per heavy atom. The number of nitrogens with zero attached hydrogens (tertiary/aromatic N) is 1. The smallest absolute Gasteiger partial charge is 0.145 e. The summed E-state index contributed by atoms with van der Waals surface area (Å²) >= 11 is 4.14. The summed E-state index contributed by atoms with van der Waals surface area (Å²) in [6, 6.07) is 9.94. The molecule has 0 amide bonds. The van der Waals surface area contributed by atoms with Gasteiger partial charge in [-0.1, -0.05) is 18.2 Å². The number of pyridine rings is 1. The van der Waals surface area contributed by atoms with E-state index in [0.717, 1.165) is 28.8 Å². The second-order valence-corrected chi connectivity index (χ2v) is 3.70. The second kappa shape index (κ2) is 5.03.